The fraction of sp³-hybridized carbons (Fsp3) is 0.933. The average Bonchev–Trinajstić information content (AvgIpc) is 2.53. The smallest absolute Gasteiger partial charge is 0.237 e. The Balaban J connectivity index is 1.66. The Kier molecular flexibility index (Phi) is 6.26. The molecule has 0 aliphatic carbocycles. The van der Waals surface area contributed by atoms with Gasteiger partial charge in [-0.15, -0.1) is 0 Å². The van der Waals surface area contributed by atoms with Gasteiger partial charge in [-0.05, 0) is 32.9 Å². The first-order valence-electron chi connectivity index (χ1n) is 8.18. The van der Waals surface area contributed by atoms with Crippen molar-refractivity contribution in [3.8, 4) is 0 Å². The Hall–Kier alpha value is -0.650. The Labute approximate surface area is 123 Å². The molecule has 1 unspecified atom stereocenters. The second-order valence-corrected chi connectivity index (χ2v) is 6.07. The van der Waals surface area contributed by atoms with E-state index >= 15 is 0 Å². The van der Waals surface area contributed by atoms with Crippen LogP contribution in [-0.4, -0.2) is 73.6 Å². The van der Waals surface area contributed by atoms with Gasteiger partial charge in [-0.3, -0.25) is 9.69 Å². The van der Waals surface area contributed by atoms with Crippen molar-refractivity contribution in [1.29, 1.82) is 0 Å². The minimum absolute atomic E-state index is 0.0351. The summed E-state index contributed by atoms with van der Waals surface area (Å²) < 4.78 is 0. The molecule has 2 fully saturated rings. The van der Waals surface area contributed by atoms with Gasteiger partial charge < -0.3 is 15.5 Å². The molecule has 2 atom stereocenters. The van der Waals surface area contributed by atoms with Crippen molar-refractivity contribution in [2.75, 3.05) is 45.8 Å². The highest BCUT2D eigenvalue weighted by atomic mass is 16.2. The van der Waals surface area contributed by atoms with Crippen LogP contribution < -0.4 is 10.6 Å². The summed E-state index contributed by atoms with van der Waals surface area (Å²) in [7, 11) is 0. The Morgan fingerprint density at radius 2 is 2.05 bits per heavy atom. The summed E-state index contributed by atoms with van der Waals surface area (Å²) in [6, 6.07) is 0.467. The third kappa shape index (κ3) is 4.43. The summed E-state index contributed by atoms with van der Waals surface area (Å²) in [5.74, 6) is 0.184. The van der Waals surface area contributed by atoms with Gasteiger partial charge in [-0.25, -0.2) is 0 Å². The fourth-order valence-corrected chi connectivity index (χ4v) is 3.10. The number of hydrogen-bond acceptors (Lipinski definition) is 4. The van der Waals surface area contributed by atoms with Crippen LogP contribution in [0.1, 0.15) is 33.1 Å². The molecule has 20 heavy (non-hydrogen) atoms. The number of nitrogens with one attached hydrogen (secondary N) is 2. The van der Waals surface area contributed by atoms with Crippen molar-refractivity contribution >= 4 is 5.91 Å². The van der Waals surface area contributed by atoms with Crippen LogP contribution in [0.4, 0.5) is 0 Å². The lowest BCUT2D eigenvalue weighted by atomic mass is 10.0. The molecule has 0 bridgehead atoms. The van der Waals surface area contributed by atoms with E-state index in [-0.39, 0.29) is 11.9 Å². The van der Waals surface area contributed by atoms with Gasteiger partial charge in [-0.2, -0.15) is 0 Å². The Bertz CT molecular complexity index is 296. The van der Waals surface area contributed by atoms with Crippen LogP contribution in [0.15, 0.2) is 0 Å². The molecular weight excluding hydrogens is 252 g/mol. The molecule has 0 aromatic carbocycles. The number of carbonyl (C=O) groups excluding carboxylic acids is 1. The summed E-state index contributed by atoms with van der Waals surface area (Å²) in [4.78, 5) is 17.1. The van der Waals surface area contributed by atoms with Crippen LogP contribution in [-0.2, 0) is 4.79 Å². The normalized spacial score (nSPS) is 27.2. The second kappa shape index (κ2) is 7.96. The first-order chi connectivity index (χ1) is 9.70. The molecule has 2 aliphatic rings. The summed E-state index contributed by atoms with van der Waals surface area (Å²) in [6.07, 6.45) is 3.34. The average molecular weight is 282 g/mol. The third-order valence-corrected chi connectivity index (χ3v) is 4.68. The Morgan fingerprint density at radius 1 is 1.30 bits per heavy atom. The molecular formula is C15H30N4O. The molecule has 116 valence electrons. The predicted octanol–water partition coefficient (Wildman–Crippen LogP) is 0.271. The minimum atomic E-state index is 0.0351. The molecule has 2 saturated heterocycles. The number of nitrogens with zero attached hydrogens (tertiary/aromatic N) is 2. The molecule has 0 radical (unpaired) electrons. The largest absolute Gasteiger partial charge is 0.353 e. The van der Waals surface area contributed by atoms with Crippen molar-refractivity contribution < 1.29 is 4.79 Å². The molecule has 1 amide bonds. The van der Waals surface area contributed by atoms with E-state index in [2.05, 4.69) is 34.3 Å². The van der Waals surface area contributed by atoms with E-state index in [1.54, 1.807) is 0 Å². The van der Waals surface area contributed by atoms with Gasteiger partial charge in [0.05, 0.1) is 6.04 Å². The van der Waals surface area contributed by atoms with E-state index in [4.69, 9.17) is 0 Å². The Morgan fingerprint density at radius 3 is 2.65 bits per heavy atom. The van der Waals surface area contributed by atoms with Gasteiger partial charge >= 0.3 is 0 Å². The van der Waals surface area contributed by atoms with Crippen molar-refractivity contribution in [3.63, 3.8) is 0 Å². The van der Waals surface area contributed by atoms with Crippen molar-refractivity contribution in [1.82, 2.24) is 20.4 Å². The molecule has 2 heterocycles. The minimum Gasteiger partial charge on any atom is -0.353 e. The van der Waals surface area contributed by atoms with Crippen LogP contribution in [0.2, 0.25) is 0 Å². The molecule has 0 aromatic heterocycles. The van der Waals surface area contributed by atoms with E-state index in [9.17, 15) is 4.79 Å². The lowest BCUT2D eigenvalue weighted by Gasteiger charge is -2.37. The molecule has 0 spiro atoms. The molecule has 0 saturated carbocycles. The van der Waals surface area contributed by atoms with Gasteiger partial charge in [0, 0.05) is 38.8 Å². The monoisotopic (exact) mass is 282 g/mol. The van der Waals surface area contributed by atoms with Gasteiger partial charge in [-0.1, -0.05) is 13.3 Å². The quantitative estimate of drug-likeness (QED) is 0.760. The van der Waals surface area contributed by atoms with E-state index in [1.165, 1.54) is 12.8 Å². The number of piperazine rings is 1. The van der Waals surface area contributed by atoms with Crippen molar-refractivity contribution in [2.24, 2.45) is 0 Å². The number of piperidine rings is 1. The number of carbonyl (C=O) groups is 1. The van der Waals surface area contributed by atoms with Gasteiger partial charge in [0.1, 0.15) is 0 Å². The topological polar surface area (TPSA) is 47.6 Å². The highest BCUT2D eigenvalue weighted by molar-refractivity contribution is 5.81. The maximum atomic E-state index is 12.1. The van der Waals surface area contributed by atoms with E-state index in [0.29, 0.717) is 6.04 Å². The molecule has 5 heteroatoms. The lowest BCUT2D eigenvalue weighted by molar-refractivity contribution is -0.123. The molecule has 5 nitrogen and oxygen atoms in total. The molecule has 2 N–H and O–H groups in total. The fourth-order valence-electron chi connectivity index (χ4n) is 3.10. The summed E-state index contributed by atoms with van der Waals surface area (Å²) in [6.45, 7) is 11.9. The molecule has 2 aliphatic heterocycles. The van der Waals surface area contributed by atoms with Crippen LogP contribution in [0.25, 0.3) is 0 Å². The molecule has 0 aromatic rings. The third-order valence-electron chi connectivity index (χ3n) is 4.68. The second-order valence-electron chi connectivity index (χ2n) is 6.07. The zero-order valence-corrected chi connectivity index (χ0v) is 13.0. The highest BCUT2D eigenvalue weighted by Gasteiger charge is 2.23. The molecule has 2 rings (SSSR count). The maximum absolute atomic E-state index is 12.1. The van der Waals surface area contributed by atoms with Crippen molar-refractivity contribution in [3.05, 3.63) is 0 Å². The lowest BCUT2D eigenvalue weighted by Crippen LogP contribution is -2.54. The van der Waals surface area contributed by atoms with Crippen LogP contribution in [0.3, 0.4) is 0 Å². The SMILES string of the molecule is CCN1CCN(C(C)CNC(=O)[C@H]2CCCCN2)CC1. The van der Waals surface area contributed by atoms with Crippen molar-refractivity contribution in [2.45, 2.75) is 45.2 Å². The maximum Gasteiger partial charge on any atom is 0.237 e. The highest BCUT2D eigenvalue weighted by Crippen LogP contribution is 2.08. The number of rotatable bonds is 5. The number of hydrogen-bond donors (Lipinski definition) is 2. The van der Waals surface area contributed by atoms with E-state index in [0.717, 1.165) is 52.2 Å². The number of likely N-dealkylation sites (N-methyl/N-ethyl adjacent to an activating group) is 1. The van der Waals surface area contributed by atoms with Gasteiger partial charge in [0.25, 0.3) is 0 Å². The summed E-state index contributed by atoms with van der Waals surface area (Å²) >= 11 is 0. The standard InChI is InChI=1S/C15H30N4O/c1-3-18-8-10-19(11-9-18)13(2)12-17-15(20)14-6-4-5-7-16-14/h13-14,16H,3-12H2,1-2H3,(H,17,20)/t13?,14-/m1/s1. The van der Waals surface area contributed by atoms with E-state index < -0.39 is 0 Å². The van der Waals surface area contributed by atoms with Gasteiger partial charge in [0.2, 0.25) is 5.91 Å². The number of amides is 1. The van der Waals surface area contributed by atoms with Crippen LogP contribution in [0.5, 0.6) is 0 Å². The summed E-state index contributed by atoms with van der Waals surface area (Å²) in [5, 5.41) is 6.42. The van der Waals surface area contributed by atoms with Crippen LogP contribution >= 0.6 is 0 Å². The van der Waals surface area contributed by atoms with Crippen LogP contribution in [0, 0.1) is 0 Å². The summed E-state index contributed by atoms with van der Waals surface area (Å²) in [5.41, 5.74) is 0. The zero-order chi connectivity index (χ0) is 14.4. The van der Waals surface area contributed by atoms with Gasteiger partial charge in [0.15, 0.2) is 0 Å². The first kappa shape index (κ1) is 15.7. The predicted molar refractivity (Wildman–Crippen MR) is 81.8 cm³/mol. The van der Waals surface area contributed by atoms with E-state index in [1.807, 2.05) is 0 Å². The first-order valence-corrected chi connectivity index (χ1v) is 8.18. The zero-order valence-electron chi connectivity index (χ0n) is 13.0.